The molecule has 0 radical (unpaired) electrons. The summed E-state index contributed by atoms with van der Waals surface area (Å²) >= 11 is 19.4. The molecule has 2 amide bonds. The molecule has 1 N–H and O–H groups in total. The number of halogens is 3. The molecule has 0 fully saturated rings. The van der Waals surface area contributed by atoms with Gasteiger partial charge >= 0.3 is 0 Å². The summed E-state index contributed by atoms with van der Waals surface area (Å²) in [5.41, 5.74) is 2.33. The minimum absolute atomic E-state index is 0.0261. The number of hydrogen-bond acceptors (Lipinski definition) is 4. The molecule has 0 aliphatic heterocycles. The molecule has 1 atom stereocenters. The van der Waals surface area contributed by atoms with E-state index in [0.717, 1.165) is 15.4 Å². The van der Waals surface area contributed by atoms with Crippen LogP contribution in [-0.2, 0) is 32.6 Å². The number of amides is 2. The van der Waals surface area contributed by atoms with Crippen LogP contribution in [0.5, 0.6) is 0 Å². The maximum atomic E-state index is 14.5. The smallest absolute Gasteiger partial charge is 0.264 e. The summed E-state index contributed by atoms with van der Waals surface area (Å²) in [4.78, 5) is 29.6. The SMILES string of the molecule is CCCNC(=O)[C@H](Cc1ccccc1)N(Cc1ccccc1Cl)C(=O)CN(c1cccc(Cl)c1Cl)S(=O)(=O)c1ccc(C)cc1. The summed E-state index contributed by atoms with van der Waals surface area (Å²) in [5.74, 6) is -0.996. The lowest BCUT2D eigenvalue weighted by atomic mass is 10.0. The quantitative estimate of drug-likeness (QED) is 0.160. The van der Waals surface area contributed by atoms with E-state index in [9.17, 15) is 18.0 Å². The van der Waals surface area contributed by atoms with Crippen molar-refractivity contribution < 1.29 is 18.0 Å². The second-order valence-corrected chi connectivity index (χ2v) is 13.6. The molecular weight excluding hydrogens is 653 g/mol. The number of carbonyl (C=O) groups excluding carboxylic acids is 2. The number of hydrogen-bond donors (Lipinski definition) is 1. The van der Waals surface area contributed by atoms with Gasteiger partial charge in [-0.05, 0) is 54.8 Å². The van der Waals surface area contributed by atoms with Crippen molar-refractivity contribution >= 4 is 62.3 Å². The first-order valence-electron chi connectivity index (χ1n) is 14.4. The van der Waals surface area contributed by atoms with Crippen LogP contribution >= 0.6 is 34.8 Å². The maximum Gasteiger partial charge on any atom is 0.264 e. The Hall–Kier alpha value is -3.56. The number of rotatable bonds is 13. The topological polar surface area (TPSA) is 86.8 Å². The average molecular weight is 687 g/mol. The van der Waals surface area contributed by atoms with Crippen molar-refractivity contribution in [3.8, 4) is 0 Å². The first kappa shape index (κ1) is 34.3. The van der Waals surface area contributed by atoms with Crippen molar-refractivity contribution in [1.29, 1.82) is 0 Å². The fraction of sp³-hybridized carbons (Fsp3) is 0.235. The Labute approximate surface area is 279 Å². The standard InChI is InChI=1S/C34H34Cl3N3O4S/c1-3-20-38-34(42)31(21-25-10-5-4-6-11-25)39(22-26-12-7-8-13-28(26)35)32(41)23-40(30-15-9-14-29(36)33(30)37)45(43,44)27-18-16-24(2)17-19-27/h4-19,31H,3,20-23H2,1-2H3,(H,38,42)/t31-/m0/s1. The van der Waals surface area contributed by atoms with E-state index >= 15 is 0 Å². The number of nitrogens with zero attached hydrogens (tertiary/aromatic N) is 2. The van der Waals surface area contributed by atoms with Crippen LogP contribution in [0.15, 0.2) is 102 Å². The summed E-state index contributed by atoms with van der Waals surface area (Å²) in [6.45, 7) is 3.48. The highest BCUT2D eigenvalue weighted by Crippen LogP contribution is 2.36. The van der Waals surface area contributed by atoms with Gasteiger partial charge < -0.3 is 10.2 Å². The highest BCUT2D eigenvalue weighted by molar-refractivity contribution is 7.92. The molecule has 0 saturated carbocycles. The van der Waals surface area contributed by atoms with Crippen LogP contribution < -0.4 is 9.62 Å². The van der Waals surface area contributed by atoms with Crippen LogP contribution in [0.2, 0.25) is 15.1 Å². The molecule has 7 nitrogen and oxygen atoms in total. The Bertz CT molecular complexity index is 1740. The highest BCUT2D eigenvalue weighted by Gasteiger charge is 2.35. The van der Waals surface area contributed by atoms with Crippen molar-refractivity contribution in [2.75, 3.05) is 17.4 Å². The Morgan fingerprint density at radius 2 is 1.47 bits per heavy atom. The predicted molar refractivity (Wildman–Crippen MR) is 181 cm³/mol. The average Bonchev–Trinajstić information content (AvgIpc) is 3.03. The summed E-state index contributed by atoms with van der Waals surface area (Å²) in [7, 11) is -4.32. The van der Waals surface area contributed by atoms with Gasteiger partial charge in [-0.1, -0.05) is 114 Å². The van der Waals surface area contributed by atoms with Gasteiger partial charge in [0, 0.05) is 24.5 Å². The second-order valence-electron chi connectivity index (χ2n) is 10.5. The summed E-state index contributed by atoms with van der Waals surface area (Å²) < 4.78 is 29.3. The Morgan fingerprint density at radius 3 is 2.13 bits per heavy atom. The molecule has 236 valence electrons. The molecule has 11 heteroatoms. The Morgan fingerprint density at radius 1 is 0.822 bits per heavy atom. The van der Waals surface area contributed by atoms with Gasteiger partial charge in [0.15, 0.2) is 0 Å². The normalized spacial score (nSPS) is 11.9. The van der Waals surface area contributed by atoms with Gasteiger partial charge in [-0.15, -0.1) is 0 Å². The van der Waals surface area contributed by atoms with Crippen molar-refractivity contribution in [3.05, 3.63) is 129 Å². The molecule has 0 bridgehead atoms. The van der Waals surface area contributed by atoms with Gasteiger partial charge in [-0.25, -0.2) is 8.42 Å². The van der Waals surface area contributed by atoms with Crippen molar-refractivity contribution in [1.82, 2.24) is 10.2 Å². The van der Waals surface area contributed by atoms with Crippen LogP contribution in [0.1, 0.15) is 30.0 Å². The minimum Gasteiger partial charge on any atom is -0.354 e. The van der Waals surface area contributed by atoms with E-state index in [1.165, 1.54) is 29.2 Å². The van der Waals surface area contributed by atoms with Crippen molar-refractivity contribution in [3.63, 3.8) is 0 Å². The number of aryl methyl sites for hydroxylation is 1. The van der Waals surface area contributed by atoms with E-state index in [-0.39, 0.29) is 39.5 Å². The van der Waals surface area contributed by atoms with Gasteiger partial charge in [0.05, 0.1) is 20.6 Å². The molecule has 45 heavy (non-hydrogen) atoms. The number of anilines is 1. The zero-order valence-electron chi connectivity index (χ0n) is 24.9. The van der Waals surface area contributed by atoms with Crippen LogP contribution in [0.4, 0.5) is 5.69 Å². The van der Waals surface area contributed by atoms with E-state index in [0.29, 0.717) is 23.6 Å². The van der Waals surface area contributed by atoms with Gasteiger partial charge in [-0.3, -0.25) is 13.9 Å². The van der Waals surface area contributed by atoms with E-state index in [1.54, 1.807) is 42.5 Å². The van der Waals surface area contributed by atoms with E-state index in [2.05, 4.69) is 5.32 Å². The predicted octanol–water partition coefficient (Wildman–Crippen LogP) is 7.32. The van der Waals surface area contributed by atoms with Crippen molar-refractivity contribution in [2.45, 2.75) is 44.2 Å². The van der Waals surface area contributed by atoms with E-state index in [4.69, 9.17) is 34.8 Å². The lowest BCUT2D eigenvalue weighted by molar-refractivity contribution is -0.140. The summed E-state index contributed by atoms with van der Waals surface area (Å²) in [6, 6.07) is 26.2. The molecule has 0 aromatic heterocycles. The van der Waals surface area contributed by atoms with Crippen LogP contribution in [0, 0.1) is 6.92 Å². The van der Waals surface area contributed by atoms with Crippen LogP contribution in [-0.4, -0.2) is 44.3 Å². The third-order valence-electron chi connectivity index (χ3n) is 7.21. The molecule has 0 saturated heterocycles. The molecule has 4 rings (SSSR count). The third-order valence-corrected chi connectivity index (χ3v) is 10.2. The Balaban J connectivity index is 1.83. The molecule has 0 unspecified atom stereocenters. The molecule has 4 aromatic rings. The van der Waals surface area contributed by atoms with E-state index < -0.39 is 28.5 Å². The monoisotopic (exact) mass is 685 g/mol. The molecular formula is C34H34Cl3N3O4S. The van der Waals surface area contributed by atoms with E-state index in [1.807, 2.05) is 44.2 Å². The van der Waals surface area contributed by atoms with Crippen molar-refractivity contribution in [2.24, 2.45) is 0 Å². The molecule has 0 spiro atoms. The number of sulfonamides is 1. The van der Waals surface area contributed by atoms with Crippen LogP contribution in [0.3, 0.4) is 0 Å². The first-order valence-corrected chi connectivity index (χ1v) is 17.0. The minimum atomic E-state index is -4.32. The Kier molecular flexibility index (Phi) is 11.9. The number of carbonyl (C=O) groups is 2. The fourth-order valence-electron chi connectivity index (χ4n) is 4.77. The molecule has 0 heterocycles. The van der Waals surface area contributed by atoms with Gasteiger partial charge in [0.1, 0.15) is 12.6 Å². The first-order chi connectivity index (χ1) is 21.5. The third kappa shape index (κ3) is 8.58. The highest BCUT2D eigenvalue weighted by atomic mass is 35.5. The fourth-order valence-corrected chi connectivity index (χ4v) is 6.84. The largest absolute Gasteiger partial charge is 0.354 e. The van der Waals surface area contributed by atoms with Gasteiger partial charge in [-0.2, -0.15) is 0 Å². The second kappa shape index (κ2) is 15.6. The lowest BCUT2D eigenvalue weighted by Gasteiger charge is -2.34. The van der Waals surface area contributed by atoms with Gasteiger partial charge in [0.25, 0.3) is 10.0 Å². The summed E-state index contributed by atoms with van der Waals surface area (Å²) in [5, 5.41) is 3.42. The zero-order chi connectivity index (χ0) is 32.6. The number of benzene rings is 4. The zero-order valence-corrected chi connectivity index (χ0v) is 28.0. The number of nitrogens with one attached hydrogen (secondary N) is 1. The molecule has 4 aromatic carbocycles. The molecule has 0 aliphatic carbocycles. The van der Waals surface area contributed by atoms with Gasteiger partial charge in [0.2, 0.25) is 11.8 Å². The maximum absolute atomic E-state index is 14.5. The summed E-state index contributed by atoms with van der Waals surface area (Å²) in [6.07, 6.45) is 0.882. The molecule has 0 aliphatic rings. The van der Waals surface area contributed by atoms with Crippen LogP contribution in [0.25, 0.3) is 0 Å². The lowest BCUT2D eigenvalue weighted by Crippen LogP contribution is -2.53.